The first-order valence-electron chi connectivity index (χ1n) is 4.31. The lowest BCUT2D eigenvalue weighted by Gasteiger charge is -2.01. The average molecular weight is 178 g/mol. The molecular weight excluding hydrogens is 164 g/mol. The van der Waals surface area contributed by atoms with Gasteiger partial charge in [0.2, 0.25) is 0 Å². The summed E-state index contributed by atoms with van der Waals surface area (Å²) in [5.74, 6) is 3.54. The molecule has 0 spiro atoms. The molecule has 0 amide bonds. The molecule has 0 saturated heterocycles. The summed E-state index contributed by atoms with van der Waals surface area (Å²) in [6.07, 6.45) is 8.51. The van der Waals surface area contributed by atoms with Crippen LogP contribution in [-0.4, -0.2) is 21.3 Å². The van der Waals surface area contributed by atoms with Crippen LogP contribution in [-0.2, 0) is 13.6 Å². The third-order valence-electron chi connectivity index (χ3n) is 1.76. The number of aromatic nitrogens is 3. The van der Waals surface area contributed by atoms with Gasteiger partial charge in [-0.05, 0) is 13.0 Å². The summed E-state index contributed by atoms with van der Waals surface area (Å²) < 4.78 is 1.76. The summed E-state index contributed by atoms with van der Waals surface area (Å²) in [5, 5.41) is 7.21. The number of hydrogen-bond donors (Lipinski definition) is 1. The molecule has 0 radical (unpaired) electrons. The molecule has 1 aromatic rings. The van der Waals surface area contributed by atoms with E-state index in [9.17, 15) is 0 Å². The molecule has 1 aromatic heterocycles. The van der Waals surface area contributed by atoms with Crippen LogP contribution in [0.3, 0.4) is 0 Å². The van der Waals surface area contributed by atoms with Crippen LogP contribution in [0.4, 0.5) is 0 Å². The minimum absolute atomic E-state index is 0.751. The van der Waals surface area contributed by atoms with E-state index in [1.807, 2.05) is 7.05 Å². The molecule has 70 valence electrons. The zero-order chi connectivity index (χ0) is 9.52. The lowest BCUT2D eigenvalue weighted by Crippen LogP contribution is -2.17. The molecular formula is C9H14N4. The Morgan fingerprint density at radius 1 is 1.69 bits per heavy atom. The van der Waals surface area contributed by atoms with Gasteiger partial charge in [-0.25, -0.2) is 4.98 Å². The van der Waals surface area contributed by atoms with E-state index in [-0.39, 0.29) is 0 Å². The predicted octanol–water partition coefficient (Wildman–Crippen LogP) is 0.318. The minimum atomic E-state index is 0.751. The Hall–Kier alpha value is -1.34. The Morgan fingerprint density at radius 2 is 2.54 bits per heavy atom. The minimum Gasteiger partial charge on any atom is -0.310 e. The molecule has 1 heterocycles. The molecule has 4 nitrogen and oxygen atoms in total. The summed E-state index contributed by atoms with van der Waals surface area (Å²) in [5.41, 5.74) is 0. The van der Waals surface area contributed by atoms with Crippen molar-refractivity contribution in [1.29, 1.82) is 0 Å². The van der Waals surface area contributed by atoms with E-state index >= 15 is 0 Å². The Bertz CT molecular complexity index is 284. The highest BCUT2D eigenvalue weighted by Gasteiger charge is 1.97. The van der Waals surface area contributed by atoms with Crippen LogP contribution in [0.25, 0.3) is 0 Å². The third-order valence-corrected chi connectivity index (χ3v) is 1.76. The molecule has 0 aliphatic heterocycles. The van der Waals surface area contributed by atoms with Gasteiger partial charge in [0, 0.05) is 13.5 Å². The molecule has 0 aliphatic carbocycles. The fourth-order valence-electron chi connectivity index (χ4n) is 0.996. The Morgan fingerprint density at radius 3 is 3.15 bits per heavy atom. The second-order valence-corrected chi connectivity index (χ2v) is 2.78. The molecule has 0 aromatic carbocycles. The summed E-state index contributed by atoms with van der Waals surface area (Å²) in [6, 6.07) is 0. The van der Waals surface area contributed by atoms with E-state index in [4.69, 9.17) is 6.42 Å². The van der Waals surface area contributed by atoms with Crippen molar-refractivity contribution in [3.05, 3.63) is 12.2 Å². The molecule has 0 bridgehead atoms. The molecule has 0 unspecified atom stereocenters. The number of nitrogens with zero attached hydrogens (tertiary/aromatic N) is 3. The van der Waals surface area contributed by atoms with E-state index in [1.54, 1.807) is 11.0 Å². The number of unbranched alkanes of at least 4 members (excludes halogenated alkanes) is 1. The first-order valence-corrected chi connectivity index (χ1v) is 4.31. The molecule has 0 aliphatic rings. The molecule has 0 fully saturated rings. The van der Waals surface area contributed by atoms with Crippen LogP contribution in [0.5, 0.6) is 0 Å². The van der Waals surface area contributed by atoms with Gasteiger partial charge in [-0.3, -0.25) is 4.68 Å². The molecule has 0 saturated carbocycles. The summed E-state index contributed by atoms with van der Waals surface area (Å²) in [4.78, 5) is 4.08. The maximum absolute atomic E-state index is 5.13. The van der Waals surface area contributed by atoms with Crippen molar-refractivity contribution in [2.45, 2.75) is 19.4 Å². The number of nitrogens with one attached hydrogen (secondary N) is 1. The maximum atomic E-state index is 5.13. The van der Waals surface area contributed by atoms with Crippen molar-refractivity contribution in [2.24, 2.45) is 7.05 Å². The van der Waals surface area contributed by atoms with Crippen molar-refractivity contribution in [2.75, 3.05) is 6.54 Å². The van der Waals surface area contributed by atoms with Crippen molar-refractivity contribution in [3.63, 3.8) is 0 Å². The van der Waals surface area contributed by atoms with E-state index in [2.05, 4.69) is 21.3 Å². The number of aryl methyl sites for hydroxylation is 1. The maximum Gasteiger partial charge on any atom is 0.140 e. The second kappa shape index (κ2) is 5.33. The van der Waals surface area contributed by atoms with Crippen molar-refractivity contribution in [1.82, 2.24) is 20.1 Å². The zero-order valence-electron chi connectivity index (χ0n) is 7.82. The third kappa shape index (κ3) is 3.26. The van der Waals surface area contributed by atoms with Crippen molar-refractivity contribution >= 4 is 0 Å². The lowest BCUT2D eigenvalue weighted by atomic mass is 10.3. The SMILES string of the molecule is C#CCCCNCc1ncnn1C. The molecule has 13 heavy (non-hydrogen) atoms. The Labute approximate surface area is 78.4 Å². The van der Waals surface area contributed by atoms with Gasteiger partial charge in [0.1, 0.15) is 12.2 Å². The fourth-order valence-corrected chi connectivity index (χ4v) is 0.996. The standard InChI is InChI=1S/C9H14N4/c1-3-4-5-6-10-7-9-11-8-12-13(9)2/h1,8,10H,4-7H2,2H3. The average Bonchev–Trinajstić information content (AvgIpc) is 2.52. The topological polar surface area (TPSA) is 42.7 Å². The van der Waals surface area contributed by atoms with Crippen LogP contribution in [0.2, 0.25) is 0 Å². The second-order valence-electron chi connectivity index (χ2n) is 2.78. The van der Waals surface area contributed by atoms with Crippen LogP contribution in [0.15, 0.2) is 6.33 Å². The molecule has 0 atom stereocenters. The van der Waals surface area contributed by atoms with Gasteiger partial charge < -0.3 is 5.32 Å². The quantitative estimate of drug-likeness (QED) is 0.521. The normalized spacial score (nSPS) is 9.85. The first kappa shape index (κ1) is 9.75. The first-order chi connectivity index (χ1) is 6.34. The van der Waals surface area contributed by atoms with E-state index in [0.29, 0.717) is 0 Å². The van der Waals surface area contributed by atoms with Crippen molar-refractivity contribution < 1.29 is 0 Å². The smallest absolute Gasteiger partial charge is 0.140 e. The zero-order valence-corrected chi connectivity index (χ0v) is 7.82. The van der Waals surface area contributed by atoms with E-state index < -0.39 is 0 Å². The number of hydrogen-bond acceptors (Lipinski definition) is 3. The van der Waals surface area contributed by atoms with Gasteiger partial charge in [-0.2, -0.15) is 5.10 Å². The molecule has 1 rings (SSSR count). The summed E-state index contributed by atoms with van der Waals surface area (Å²) >= 11 is 0. The fraction of sp³-hybridized carbons (Fsp3) is 0.556. The van der Waals surface area contributed by atoms with Gasteiger partial charge in [-0.15, -0.1) is 12.3 Å². The van der Waals surface area contributed by atoms with Crippen LogP contribution in [0, 0.1) is 12.3 Å². The Balaban J connectivity index is 2.14. The highest BCUT2D eigenvalue weighted by atomic mass is 15.3. The largest absolute Gasteiger partial charge is 0.310 e. The molecule has 1 N–H and O–H groups in total. The monoisotopic (exact) mass is 178 g/mol. The van der Waals surface area contributed by atoms with E-state index in [1.165, 1.54) is 0 Å². The lowest BCUT2D eigenvalue weighted by molar-refractivity contribution is 0.601. The Kier molecular flexibility index (Phi) is 4.00. The summed E-state index contributed by atoms with van der Waals surface area (Å²) in [7, 11) is 1.88. The molecule has 4 heteroatoms. The highest BCUT2D eigenvalue weighted by molar-refractivity contribution is 4.84. The van der Waals surface area contributed by atoms with E-state index in [0.717, 1.165) is 31.8 Å². The number of terminal acetylenes is 1. The summed E-state index contributed by atoms with van der Waals surface area (Å²) in [6.45, 7) is 1.68. The van der Waals surface area contributed by atoms with Gasteiger partial charge in [0.15, 0.2) is 0 Å². The van der Waals surface area contributed by atoms with Gasteiger partial charge in [0.05, 0.1) is 6.54 Å². The highest BCUT2D eigenvalue weighted by Crippen LogP contribution is 1.90. The van der Waals surface area contributed by atoms with Crippen molar-refractivity contribution in [3.8, 4) is 12.3 Å². The predicted molar refractivity (Wildman–Crippen MR) is 50.8 cm³/mol. The van der Waals surface area contributed by atoms with Gasteiger partial charge in [0.25, 0.3) is 0 Å². The van der Waals surface area contributed by atoms with Crippen LogP contribution >= 0.6 is 0 Å². The van der Waals surface area contributed by atoms with Crippen LogP contribution in [0.1, 0.15) is 18.7 Å². The number of rotatable bonds is 5. The van der Waals surface area contributed by atoms with Gasteiger partial charge in [-0.1, -0.05) is 0 Å². The van der Waals surface area contributed by atoms with Gasteiger partial charge >= 0.3 is 0 Å². The van der Waals surface area contributed by atoms with Crippen LogP contribution < -0.4 is 5.32 Å².